The van der Waals surface area contributed by atoms with Crippen molar-refractivity contribution >= 4 is 31.9 Å². The van der Waals surface area contributed by atoms with Crippen LogP contribution in [0.1, 0.15) is 25.8 Å². The van der Waals surface area contributed by atoms with Gasteiger partial charge in [-0.1, -0.05) is 6.07 Å². The van der Waals surface area contributed by atoms with Gasteiger partial charge in [-0.25, -0.2) is 0 Å². The van der Waals surface area contributed by atoms with Gasteiger partial charge in [0.25, 0.3) is 0 Å². The molecule has 0 fully saturated rings. The second-order valence-corrected chi connectivity index (χ2v) is 5.91. The molecule has 0 amide bonds. The lowest BCUT2D eigenvalue weighted by Crippen LogP contribution is -2.17. The monoisotopic (exact) mass is 363 g/mol. The highest BCUT2D eigenvalue weighted by Crippen LogP contribution is 2.23. The lowest BCUT2D eigenvalue weighted by atomic mass is 10.2. The van der Waals surface area contributed by atoms with Crippen LogP contribution in [-0.4, -0.2) is 19.3 Å². The predicted octanol–water partition coefficient (Wildman–Crippen LogP) is 4.12. The number of benzene rings is 1. The normalized spacial score (nSPS) is 11.1. The van der Waals surface area contributed by atoms with E-state index in [4.69, 9.17) is 4.74 Å². The summed E-state index contributed by atoms with van der Waals surface area (Å²) in [6, 6.07) is 6.30. The average molecular weight is 365 g/mol. The van der Waals surface area contributed by atoms with E-state index in [-0.39, 0.29) is 0 Å². The molecule has 0 aliphatic heterocycles. The summed E-state index contributed by atoms with van der Waals surface area (Å²) in [6.07, 6.45) is 1.38. The standard InChI is InChI=1S/C13H19Br2NO/c1-10(2)17-7-3-6-16-9-11-4-5-12(14)13(15)8-11/h4-5,8,10,16H,3,6-7,9H2,1-2H3. The van der Waals surface area contributed by atoms with Crippen molar-refractivity contribution in [3.8, 4) is 0 Å². The van der Waals surface area contributed by atoms with Crippen molar-refractivity contribution in [3.63, 3.8) is 0 Å². The molecule has 17 heavy (non-hydrogen) atoms. The summed E-state index contributed by atoms with van der Waals surface area (Å²) in [5.74, 6) is 0. The molecule has 1 aromatic rings. The molecule has 1 aromatic carbocycles. The summed E-state index contributed by atoms with van der Waals surface area (Å²) in [5, 5.41) is 3.41. The smallest absolute Gasteiger partial charge is 0.0518 e. The second-order valence-electron chi connectivity index (χ2n) is 4.20. The first-order chi connectivity index (χ1) is 8.09. The molecule has 1 rings (SSSR count). The highest BCUT2D eigenvalue weighted by Gasteiger charge is 1.98. The summed E-state index contributed by atoms with van der Waals surface area (Å²) in [5.41, 5.74) is 1.28. The molecule has 0 saturated carbocycles. The van der Waals surface area contributed by atoms with Gasteiger partial charge in [0.15, 0.2) is 0 Å². The van der Waals surface area contributed by atoms with Crippen molar-refractivity contribution in [2.45, 2.75) is 32.9 Å². The van der Waals surface area contributed by atoms with Crippen LogP contribution in [0.4, 0.5) is 0 Å². The largest absolute Gasteiger partial charge is 0.379 e. The summed E-state index contributed by atoms with van der Waals surface area (Å²) < 4.78 is 7.66. The predicted molar refractivity (Wildman–Crippen MR) is 79.3 cm³/mol. The first kappa shape index (κ1) is 15.2. The van der Waals surface area contributed by atoms with Gasteiger partial charge in [0.2, 0.25) is 0 Å². The molecule has 0 radical (unpaired) electrons. The zero-order valence-electron chi connectivity index (χ0n) is 10.3. The fourth-order valence-electron chi connectivity index (χ4n) is 1.40. The Hall–Kier alpha value is 0.1000. The van der Waals surface area contributed by atoms with Gasteiger partial charge >= 0.3 is 0 Å². The fraction of sp³-hybridized carbons (Fsp3) is 0.538. The summed E-state index contributed by atoms with van der Waals surface area (Å²) in [7, 11) is 0. The van der Waals surface area contributed by atoms with Gasteiger partial charge in [-0.2, -0.15) is 0 Å². The molecule has 0 spiro atoms. The molecule has 0 bridgehead atoms. The maximum Gasteiger partial charge on any atom is 0.0518 e. The Kier molecular flexibility index (Phi) is 7.35. The Balaban J connectivity index is 2.16. The van der Waals surface area contributed by atoms with Crippen LogP contribution in [0.5, 0.6) is 0 Å². The van der Waals surface area contributed by atoms with Crippen LogP contribution in [-0.2, 0) is 11.3 Å². The molecule has 0 aromatic heterocycles. The summed E-state index contributed by atoms with van der Waals surface area (Å²) in [6.45, 7) is 6.84. The van der Waals surface area contributed by atoms with Crippen LogP contribution in [0.15, 0.2) is 27.1 Å². The van der Waals surface area contributed by atoms with E-state index in [0.29, 0.717) is 6.10 Å². The topological polar surface area (TPSA) is 21.3 Å². The van der Waals surface area contributed by atoms with Crippen LogP contribution in [0, 0.1) is 0 Å². The molecule has 96 valence electrons. The van der Waals surface area contributed by atoms with Gasteiger partial charge < -0.3 is 10.1 Å². The molecular weight excluding hydrogens is 346 g/mol. The number of hydrogen-bond acceptors (Lipinski definition) is 2. The minimum absolute atomic E-state index is 0.331. The van der Waals surface area contributed by atoms with E-state index in [1.165, 1.54) is 5.56 Å². The van der Waals surface area contributed by atoms with Gasteiger partial charge in [-0.15, -0.1) is 0 Å². The zero-order chi connectivity index (χ0) is 12.7. The third-order valence-electron chi connectivity index (χ3n) is 2.26. The molecule has 0 aliphatic carbocycles. The highest BCUT2D eigenvalue weighted by atomic mass is 79.9. The second kappa shape index (κ2) is 8.25. The SMILES string of the molecule is CC(C)OCCCNCc1ccc(Br)c(Br)c1. The Morgan fingerprint density at radius 3 is 2.65 bits per heavy atom. The maximum absolute atomic E-state index is 5.48. The molecule has 4 heteroatoms. The summed E-state index contributed by atoms with van der Waals surface area (Å²) in [4.78, 5) is 0. The molecule has 0 aliphatic rings. The van der Waals surface area contributed by atoms with Gasteiger partial charge in [0, 0.05) is 22.1 Å². The minimum Gasteiger partial charge on any atom is -0.379 e. The van der Waals surface area contributed by atoms with Crippen LogP contribution in [0.25, 0.3) is 0 Å². The number of nitrogens with one attached hydrogen (secondary N) is 1. The highest BCUT2D eigenvalue weighted by molar-refractivity contribution is 9.13. The number of rotatable bonds is 7. The zero-order valence-corrected chi connectivity index (χ0v) is 13.5. The first-order valence-corrected chi connectivity index (χ1v) is 7.44. The Morgan fingerprint density at radius 1 is 1.24 bits per heavy atom. The van der Waals surface area contributed by atoms with Crippen molar-refractivity contribution in [1.29, 1.82) is 0 Å². The number of ether oxygens (including phenoxy) is 1. The van der Waals surface area contributed by atoms with Crippen molar-refractivity contribution in [2.75, 3.05) is 13.2 Å². The maximum atomic E-state index is 5.48. The molecular formula is C13H19Br2NO. The van der Waals surface area contributed by atoms with Crippen LogP contribution >= 0.6 is 31.9 Å². The third-order valence-corrected chi connectivity index (χ3v) is 4.14. The average Bonchev–Trinajstić information content (AvgIpc) is 2.27. The van der Waals surface area contributed by atoms with E-state index >= 15 is 0 Å². The van der Waals surface area contributed by atoms with E-state index in [2.05, 4.69) is 69.2 Å². The van der Waals surface area contributed by atoms with Crippen molar-refractivity contribution in [3.05, 3.63) is 32.7 Å². The minimum atomic E-state index is 0.331. The Bertz CT molecular complexity index is 342. The molecule has 0 saturated heterocycles. The fourth-order valence-corrected chi connectivity index (χ4v) is 2.07. The molecule has 0 heterocycles. The van der Waals surface area contributed by atoms with E-state index < -0.39 is 0 Å². The van der Waals surface area contributed by atoms with Gasteiger partial charge in [0.1, 0.15) is 0 Å². The van der Waals surface area contributed by atoms with Gasteiger partial charge in [0.05, 0.1) is 6.10 Å². The molecule has 1 N–H and O–H groups in total. The number of halogens is 2. The van der Waals surface area contributed by atoms with Crippen molar-refractivity contribution < 1.29 is 4.74 Å². The van der Waals surface area contributed by atoms with Crippen LogP contribution in [0.3, 0.4) is 0 Å². The van der Waals surface area contributed by atoms with E-state index in [9.17, 15) is 0 Å². The van der Waals surface area contributed by atoms with Gasteiger partial charge in [-0.05, 0) is 76.4 Å². The lowest BCUT2D eigenvalue weighted by Gasteiger charge is -2.08. The van der Waals surface area contributed by atoms with Crippen LogP contribution in [0.2, 0.25) is 0 Å². The van der Waals surface area contributed by atoms with E-state index in [0.717, 1.165) is 35.1 Å². The third kappa shape index (κ3) is 6.55. The van der Waals surface area contributed by atoms with Crippen LogP contribution < -0.4 is 5.32 Å². The van der Waals surface area contributed by atoms with Crippen molar-refractivity contribution in [2.24, 2.45) is 0 Å². The van der Waals surface area contributed by atoms with Crippen molar-refractivity contribution in [1.82, 2.24) is 5.32 Å². The molecule has 0 atom stereocenters. The summed E-state index contributed by atoms with van der Waals surface area (Å²) >= 11 is 6.96. The van der Waals surface area contributed by atoms with E-state index in [1.807, 2.05) is 0 Å². The Morgan fingerprint density at radius 2 is 2.00 bits per heavy atom. The lowest BCUT2D eigenvalue weighted by molar-refractivity contribution is 0.0770. The molecule has 2 nitrogen and oxygen atoms in total. The van der Waals surface area contributed by atoms with Gasteiger partial charge in [-0.3, -0.25) is 0 Å². The molecule has 0 unspecified atom stereocenters. The number of hydrogen-bond donors (Lipinski definition) is 1. The Labute approximate surface area is 120 Å². The van der Waals surface area contributed by atoms with E-state index in [1.54, 1.807) is 0 Å². The first-order valence-electron chi connectivity index (χ1n) is 5.86. The quantitative estimate of drug-likeness (QED) is 0.735.